The number of pyridine rings is 1. The Morgan fingerprint density at radius 2 is 2.33 bits per heavy atom. The molecule has 8 heteroatoms. The van der Waals surface area contributed by atoms with E-state index in [0.29, 0.717) is 6.54 Å². The first-order valence-corrected chi connectivity index (χ1v) is 6.88. The van der Waals surface area contributed by atoms with Gasteiger partial charge < -0.3 is 5.32 Å². The van der Waals surface area contributed by atoms with E-state index in [2.05, 4.69) is 26.2 Å². The highest BCUT2D eigenvalue weighted by Gasteiger charge is 2.15. The van der Waals surface area contributed by atoms with E-state index >= 15 is 0 Å². The van der Waals surface area contributed by atoms with Crippen LogP contribution in [0, 0.1) is 10.1 Å². The lowest BCUT2D eigenvalue weighted by atomic mass is 10.4. The maximum absolute atomic E-state index is 10.9. The van der Waals surface area contributed by atoms with Gasteiger partial charge in [0.15, 0.2) is 0 Å². The van der Waals surface area contributed by atoms with Crippen molar-refractivity contribution < 1.29 is 4.92 Å². The second kappa shape index (κ2) is 5.64. The number of hydrogen-bond donors (Lipinski definition) is 1. The van der Waals surface area contributed by atoms with Crippen LogP contribution in [0.25, 0.3) is 0 Å². The van der Waals surface area contributed by atoms with Crippen molar-refractivity contribution in [3.63, 3.8) is 0 Å². The molecule has 2 rings (SSSR count). The number of rotatable bonds is 4. The highest BCUT2D eigenvalue weighted by Crippen LogP contribution is 2.26. The fraction of sp³-hybridized carbons (Fsp3) is 0.100. The lowest BCUT2D eigenvalue weighted by molar-refractivity contribution is -0.384. The highest BCUT2D eigenvalue weighted by molar-refractivity contribution is 9.10. The molecule has 0 saturated carbocycles. The average Bonchev–Trinajstić information content (AvgIpc) is 2.73. The van der Waals surface area contributed by atoms with E-state index in [9.17, 15) is 10.1 Å². The molecular formula is C10H7BrClN3O2S. The quantitative estimate of drug-likeness (QED) is 0.668. The normalized spacial score (nSPS) is 10.3. The summed E-state index contributed by atoms with van der Waals surface area (Å²) in [6.07, 6.45) is 1.38. The Kier molecular flexibility index (Phi) is 4.15. The summed E-state index contributed by atoms with van der Waals surface area (Å²) >= 11 is 10.6. The molecule has 0 amide bonds. The molecule has 0 aromatic carbocycles. The van der Waals surface area contributed by atoms with Crippen LogP contribution in [0.4, 0.5) is 11.5 Å². The second-order valence-electron chi connectivity index (χ2n) is 3.36. The molecule has 0 unspecified atom stereocenters. The van der Waals surface area contributed by atoms with Gasteiger partial charge in [-0.1, -0.05) is 11.6 Å². The van der Waals surface area contributed by atoms with Crippen LogP contribution >= 0.6 is 38.9 Å². The van der Waals surface area contributed by atoms with Gasteiger partial charge in [0.25, 0.3) is 0 Å². The lowest BCUT2D eigenvalue weighted by Crippen LogP contribution is -2.03. The topological polar surface area (TPSA) is 68.1 Å². The number of nitrogens with zero attached hydrogens (tertiary/aromatic N) is 2. The molecule has 2 heterocycles. The maximum Gasteiger partial charge on any atom is 0.312 e. The van der Waals surface area contributed by atoms with E-state index in [4.69, 9.17) is 11.6 Å². The Morgan fingerprint density at radius 1 is 1.56 bits per heavy atom. The van der Waals surface area contributed by atoms with Gasteiger partial charge in [-0.05, 0) is 22.0 Å². The maximum atomic E-state index is 10.9. The van der Waals surface area contributed by atoms with Crippen molar-refractivity contribution in [2.24, 2.45) is 0 Å². The Labute approximate surface area is 120 Å². The summed E-state index contributed by atoms with van der Waals surface area (Å²) in [6, 6.07) is 3.22. The van der Waals surface area contributed by atoms with Crippen molar-refractivity contribution in [3.8, 4) is 0 Å². The number of aromatic nitrogens is 1. The van der Waals surface area contributed by atoms with E-state index in [1.807, 2.05) is 11.4 Å². The van der Waals surface area contributed by atoms with Crippen LogP contribution in [0.15, 0.2) is 28.2 Å². The van der Waals surface area contributed by atoms with Gasteiger partial charge in [0.05, 0.1) is 16.5 Å². The van der Waals surface area contributed by atoms with Crippen molar-refractivity contribution >= 4 is 50.4 Å². The van der Waals surface area contributed by atoms with E-state index < -0.39 is 4.92 Å². The van der Waals surface area contributed by atoms with Gasteiger partial charge in [-0.2, -0.15) is 0 Å². The molecule has 0 bridgehead atoms. The number of nitro groups is 1. The van der Waals surface area contributed by atoms with Crippen LogP contribution in [0.2, 0.25) is 5.02 Å². The van der Waals surface area contributed by atoms with Crippen molar-refractivity contribution in [2.75, 3.05) is 5.32 Å². The minimum absolute atomic E-state index is 0.127. The first-order valence-electron chi connectivity index (χ1n) is 4.83. The van der Waals surface area contributed by atoms with E-state index in [-0.39, 0.29) is 16.5 Å². The Hall–Kier alpha value is -1.18. The summed E-state index contributed by atoms with van der Waals surface area (Å²) in [4.78, 5) is 15.3. The molecule has 0 spiro atoms. The average molecular weight is 349 g/mol. The molecule has 18 heavy (non-hydrogen) atoms. The molecular weight excluding hydrogens is 342 g/mol. The van der Waals surface area contributed by atoms with Gasteiger partial charge in [0.1, 0.15) is 0 Å². The zero-order chi connectivity index (χ0) is 13.1. The van der Waals surface area contributed by atoms with Crippen LogP contribution in [0.1, 0.15) is 4.88 Å². The van der Waals surface area contributed by atoms with Crippen molar-refractivity contribution in [1.29, 1.82) is 0 Å². The predicted octanol–water partition coefficient (Wildman–Crippen LogP) is 4.08. The molecule has 1 N–H and O–H groups in total. The minimum Gasteiger partial charge on any atom is -0.359 e. The molecule has 0 aliphatic rings. The molecule has 2 aromatic rings. The standard InChI is InChI=1S/C10H7BrClN3O2S/c11-6-1-8(18-5-6)4-14-10-9(15(16)17)2-7(12)3-13-10/h1-3,5H,4H2,(H,13,14). The van der Waals surface area contributed by atoms with Crippen molar-refractivity contribution in [3.05, 3.63) is 48.2 Å². The summed E-state index contributed by atoms with van der Waals surface area (Å²) < 4.78 is 0.989. The largest absolute Gasteiger partial charge is 0.359 e. The number of anilines is 1. The van der Waals surface area contributed by atoms with Crippen molar-refractivity contribution in [1.82, 2.24) is 4.98 Å². The summed E-state index contributed by atoms with van der Waals surface area (Å²) in [5, 5.41) is 16.0. The molecule has 0 radical (unpaired) electrons. The third-order valence-electron chi connectivity index (χ3n) is 2.08. The van der Waals surface area contributed by atoms with Crippen LogP contribution in [0.3, 0.4) is 0 Å². The summed E-state index contributed by atoms with van der Waals surface area (Å²) in [6.45, 7) is 0.478. The summed E-state index contributed by atoms with van der Waals surface area (Å²) in [5.74, 6) is 0.217. The zero-order valence-corrected chi connectivity index (χ0v) is 12.1. The van der Waals surface area contributed by atoms with Crippen LogP contribution < -0.4 is 5.32 Å². The number of halogens is 2. The SMILES string of the molecule is O=[N+]([O-])c1cc(Cl)cnc1NCc1cc(Br)cs1. The predicted molar refractivity (Wildman–Crippen MR) is 75.2 cm³/mol. The Bertz CT molecular complexity index is 590. The first-order chi connectivity index (χ1) is 8.56. The molecule has 0 fully saturated rings. The monoisotopic (exact) mass is 347 g/mol. The molecule has 2 aromatic heterocycles. The fourth-order valence-electron chi connectivity index (χ4n) is 1.32. The minimum atomic E-state index is -0.508. The Morgan fingerprint density at radius 3 is 2.94 bits per heavy atom. The molecule has 0 saturated heterocycles. The van der Waals surface area contributed by atoms with Gasteiger partial charge in [0, 0.05) is 27.0 Å². The third kappa shape index (κ3) is 3.18. The van der Waals surface area contributed by atoms with E-state index in [0.717, 1.165) is 9.35 Å². The lowest BCUT2D eigenvalue weighted by Gasteiger charge is -2.04. The first kappa shape index (κ1) is 13.3. The van der Waals surface area contributed by atoms with Gasteiger partial charge in [-0.25, -0.2) is 4.98 Å². The van der Waals surface area contributed by atoms with Crippen LogP contribution in [0.5, 0.6) is 0 Å². The summed E-state index contributed by atoms with van der Waals surface area (Å²) in [5.41, 5.74) is -0.127. The second-order valence-corrected chi connectivity index (χ2v) is 5.71. The van der Waals surface area contributed by atoms with E-state index in [1.54, 1.807) is 11.3 Å². The van der Waals surface area contributed by atoms with Crippen molar-refractivity contribution in [2.45, 2.75) is 6.54 Å². The third-order valence-corrected chi connectivity index (χ3v) is 3.99. The van der Waals surface area contributed by atoms with Gasteiger partial charge in [-0.15, -0.1) is 11.3 Å². The van der Waals surface area contributed by atoms with E-state index in [1.165, 1.54) is 12.3 Å². The zero-order valence-electron chi connectivity index (χ0n) is 8.89. The Balaban J connectivity index is 2.16. The number of hydrogen-bond acceptors (Lipinski definition) is 5. The number of nitrogens with one attached hydrogen (secondary N) is 1. The summed E-state index contributed by atoms with van der Waals surface area (Å²) in [7, 11) is 0. The highest BCUT2D eigenvalue weighted by atomic mass is 79.9. The van der Waals surface area contributed by atoms with Gasteiger partial charge in [-0.3, -0.25) is 10.1 Å². The number of thiophene rings is 1. The van der Waals surface area contributed by atoms with Crippen LogP contribution in [-0.4, -0.2) is 9.91 Å². The molecule has 0 aliphatic heterocycles. The van der Waals surface area contributed by atoms with Gasteiger partial charge >= 0.3 is 5.69 Å². The molecule has 0 atom stereocenters. The smallest absolute Gasteiger partial charge is 0.312 e. The molecule has 5 nitrogen and oxygen atoms in total. The molecule has 0 aliphatic carbocycles. The van der Waals surface area contributed by atoms with Crippen LogP contribution in [-0.2, 0) is 6.54 Å². The molecule has 94 valence electrons. The fourth-order valence-corrected chi connectivity index (χ4v) is 2.86. The van der Waals surface area contributed by atoms with Gasteiger partial charge in [0.2, 0.25) is 5.82 Å².